The van der Waals surface area contributed by atoms with Crippen LogP contribution in [0.25, 0.3) is 11.4 Å². The van der Waals surface area contributed by atoms with Gasteiger partial charge in [0, 0.05) is 5.56 Å². The molecule has 2 amide bonds. The maximum absolute atomic E-state index is 12.4. The van der Waals surface area contributed by atoms with Crippen LogP contribution in [0.2, 0.25) is 0 Å². The summed E-state index contributed by atoms with van der Waals surface area (Å²) in [5.41, 5.74) is 8.35. The van der Waals surface area contributed by atoms with Gasteiger partial charge in [0.15, 0.2) is 11.0 Å². The molecule has 0 spiro atoms. The number of nitrogens with two attached hydrogens (primary N) is 1. The zero-order chi connectivity index (χ0) is 20.8. The first-order valence-corrected chi connectivity index (χ1v) is 10.2. The molecular weight excluding hydrogens is 386 g/mol. The molecule has 3 rings (SSSR count). The highest BCUT2D eigenvalue weighted by Gasteiger charge is 2.18. The Balaban J connectivity index is 1.72. The smallest absolute Gasteiger partial charge is 0.237 e. The van der Waals surface area contributed by atoms with Crippen molar-refractivity contribution in [2.45, 2.75) is 31.6 Å². The minimum Gasteiger partial charge on any atom is -0.368 e. The number of nitrogens with one attached hydrogen (secondary N) is 1. The molecule has 0 aliphatic carbocycles. The van der Waals surface area contributed by atoms with Crippen LogP contribution in [0, 0.1) is 6.92 Å². The third kappa shape index (κ3) is 5.45. The molecule has 0 radical (unpaired) electrons. The summed E-state index contributed by atoms with van der Waals surface area (Å²) < 4.78 is 1.65. The summed E-state index contributed by atoms with van der Waals surface area (Å²) in [6.07, 6.45) is 0. The highest BCUT2D eigenvalue weighted by Crippen LogP contribution is 2.24. The van der Waals surface area contributed by atoms with Gasteiger partial charge < -0.3 is 11.1 Å². The third-order valence-electron chi connectivity index (χ3n) is 4.32. The van der Waals surface area contributed by atoms with Crippen molar-refractivity contribution in [3.63, 3.8) is 0 Å². The Bertz CT molecular complexity index is 1000. The van der Waals surface area contributed by atoms with E-state index < -0.39 is 5.91 Å². The van der Waals surface area contributed by atoms with Crippen molar-refractivity contribution in [2.75, 3.05) is 5.75 Å². The maximum Gasteiger partial charge on any atom is 0.237 e. The molecule has 0 aliphatic rings. The van der Waals surface area contributed by atoms with Crippen LogP contribution in [0.4, 0.5) is 0 Å². The van der Waals surface area contributed by atoms with Crippen LogP contribution < -0.4 is 11.1 Å². The van der Waals surface area contributed by atoms with Gasteiger partial charge in [0.1, 0.15) is 6.54 Å². The molecule has 1 aromatic heterocycles. The quantitative estimate of drug-likeness (QED) is 0.557. The molecule has 0 fully saturated rings. The Morgan fingerprint density at radius 3 is 2.59 bits per heavy atom. The summed E-state index contributed by atoms with van der Waals surface area (Å²) >= 11 is 1.22. The van der Waals surface area contributed by atoms with Gasteiger partial charge in [-0.25, -0.2) is 0 Å². The van der Waals surface area contributed by atoms with Crippen molar-refractivity contribution in [3.05, 3.63) is 65.7 Å². The molecule has 8 heteroatoms. The second-order valence-electron chi connectivity index (χ2n) is 6.72. The molecule has 0 bridgehead atoms. The van der Waals surface area contributed by atoms with Crippen LogP contribution in [0.3, 0.4) is 0 Å². The molecule has 2 aromatic carbocycles. The number of primary amides is 1. The van der Waals surface area contributed by atoms with Gasteiger partial charge in [0.25, 0.3) is 0 Å². The van der Waals surface area contributed by atoms with Crippen LogP contribution in [-0.2, 0) is 16.1 Å². The zero-order valence-electron chi connectivity index (χ0n) is 16.3. The fourth-order valence-corrected chi connectivity index (χ4v) is 3.68. The van der Waals surface area contributed by atoms with Gasteiger partial charge in [-0.3, -0.25) is 14.2 Å². The Hall–Kier alpha value is -3.13. The first-order chi connectivity index (χ1) is 13.9. The van der Waals surface area contributed by atoms with E-state index in [1.807, 2.05) is 68.4 Å². The van der Waals surface area contributed by atoms with Crippen LogP contribution in [0.15, 0.2) is 59.8 Å². The number of carbonyl (C=O) groups excluding carboxylic acids is 2. The lowest BCUT2D eigenvalue weighted by molar-refractivity contribution is -0.119. The molecule has 150 valence electrons. The fourth-order valence-electron chi connectivity index (χ4n) is 2.93. The van der Waals surface area contributed by atoms with Crippen molar-refractivity contribution >= 4 is 23.6 Å². The van der Waals surface area contributed by atoms with E-state index in [-0.39, 0.29) is 24.2 Å². The standard InChI is InChI=1S/C21H23N5O2S/c1-14-7-6-10-17(11-14)20-24-25-21(26(20)12-18(22)27)29-13-19(28)23-15(2)16-8-4-3-5-9-16/h3-11,15H,12-13H2,1-2H3,(H2,22,27)(H,23,28)/t15-/m1/s1. The average molecular weight is 410 g/mol. The first kappa shape index (κ1) is 20.6. The third-order valence-corrected chi connectivity index (χ3v) is 5.28. The number of hydrogen-bond donors (Lipinski definition) is 2. The number of thioether (sulfide) groups is 1. The first-order valence-electron chi connectivity index (χ1n) is 9.19. The number of nitrogens with zero attached hydrogens (tertiary/aromatic N) is 3. The van der Waals surface area contributed by atoms with E-state index in [2.05, 4.69) is 15.5 Å². The molecule has 0 aliphatic heterocycles. The molecular formula is C21H23N5O2S. The minimum absolute atomic E-state index is 0.0549. The maximum atomic E-state index is 12.4. The van der Waals surface area contributed by atoms with Gasteiger partial charge >= 0.3 is 0 Å². The Morgan fingerprint density at radius 2 is 1.90 bits per heavy atom. The lowest BCUT2D eigenvalue weighted by Crippen LogP contribution is -2.28. The molecule has 1 atom stereocenters. The molecule has 0 saturated heterocycles. The van der Waals surface area contributed by atoms with Crippen LogP contribution in [0.5, 0.6) is 0 Å². The summed E-state index contributed by atoms with van der Waals surface area (Å²) in [4.78, 5) is 23.9. The lowest BCUT2D eigenvalue weighted by atomic mass is 10.1. The summed E-state index contributed by atoms with van der Waals surface area (Å²) in [5.74, 6) is 0.0786. The minimum atomic E-state index is -0.497. The number of rotatable bonds is 8. The van der Waals surface area contributed by atoms with E-state index in [0.717, 1.165) is 16.7 Å². The number of aryl methyl sites for hydroxylation is 1. The summed E-state index contributed by atoms with van der Waals surface area (Å²) in [6, 6.07) is 17.4. The number of hydrogen-bond acceptors (Lipinski definition) is 5. The van der Waals surface area contributed by atoms with Crippen LogP contribution in [0.1, 0.15) is 24.1 Å². The van der Waals surface area contributed by atoms with Gasteiger partial charge in [0.2, 0.25) is 11.8 Å². The normalized spacial score (nSPS) is 11.8. The van der Waals surface area contributed by atoms with Crippen molar-refractivity contribution in [3.8, 4) is 11.4 Å². The topological polar surface area (TPSA) is 103 Å². The Labute approximate surface area is 173 Å². The highest BCUT2D eigenvalue weighted by atomic mass is 32.2. The van der Waals surface area contributed by atoms with Gasteiger partial charge in [-0.15, -0.1) is 10.2 Å². The van der Waals surface area contributed by atoms with E-state index in [4.69, 9.17) is 5.73 Å². The number of aromatic nitrogens is 3. The van der Waals surface area contributed by atoms with Gasteiger partial charge in [-0.2, -0.15) is 0 Å². The molecule has 1 heterocycles. The predicted octanol–water partition coefficient (Wildman–Crippen LogP) is 2.71. The lowest BCUT2D eigenvalue weighted by Gasteiger charge is -2.14. The monoisotopic (exact) mass is 409 g/mol. The fraction of sp³-hybridized carbons (Fsp3) is 0.238. The molecule has 0 saturated carbocycles. The van der Waals surface area contributed by atoms with Crippen molar-refractivity contribution in [1.29, 1.82) is 0 Å². The van der Waals surface area contributed by atoms with Crippen LogP contribution >= 0.6 is 11.8 Å². The summed E-state index contributed by atoms with van der Waals surface area (Å²) in [6.45, 7) is 3.86. The van der Waals surface area contributed by atoms with Crippen molar-refractivity contribution in [1.82, 2.24) is 20.1 Å². The molecule has 7 nitrogen and oxygen atoms in total. The van der Waals surface area contributed by atoms with Gasteiger partial charge in [-0.05, 0) is 25.5 Å². The molecule has 29 heavy (non-hydrogen) atoms. The van der Waals surface area contributed by atoms with Crippen molar-refractivity contribution in [2.24, 2.45) is 5.73 Å². The Morgan fingerprint density at radius 1 is 1.14 bits per heavy atom. The molecule has 3 N–H and O–H groups in total. The van der Waals surface area contributed by atoms with E-state index in [9.17, 15) is 9.59 Å². The average Bonchev–Trinajstić information content (AvgIpc) is 3.09. The Kier molecular flexibility index (Phi) is 6.66. The van der Waals surface area contributed by atoms with E-state index in [1.165, 1.54) is 11.8 Å². The van der Waals surface area contributed by atoms with E-state index >= 15 is 0 Å². The second-order valence-corrected chi connectivity index (χ2v) is 7.66. The highest BCUT2D eigenvalue weighted by molar-refractivity contribution is 7.99. The zero-order valence-corrected chi connectivity index (χ0v) is 17.1. The van der Waals surface area contributed by atoms with Crippen molar-refractivity contribution < 1.29 is 9.59 Å². The van der Waals surface area contributed by atoms with Crippen LogP contribution in [-0.4, -0.2) is 32.3 Å². The molecule has 3 aromatic rings. The van der Waals surface area contributed by atoms with E-state index in [1.54, 1.807) is 4.57 Å². The van der Waals surface area contributed by atoms with Gasteiger partial charge in [-0.1, -0.05) is 65.9 Å². The number of carbonyl (C=O) groups is 2. The number of amides is 2. The van der Waals surface area contributed by atoms with Gasteiger partial charge in [0.05, 0.1) is 11.8 Å². The summed E-state index contributed by atoms with van der Waals surface area (Å²) in [5, 5.41) is 11.8. The number of benzene rings is 2. The largest absolute Gasteiger partial charge is 0.368 e. The second kappa shape index (κ2) is 9.38. The summed E-state index contributed by atoms with van der Waals surface area (Å²) in [7, 11) is 0. The van der Waals surface area contributed by atoms with E-state index in [0.29, 0.717) is 11.0 Å². The predicted molar refractivity (Wildman–Crippen MR) is 113 cm³/mol. The molecule has 0 unspecified atom stereocenters. The SMILES string of the molecule is Cc1cccc(-c2nnc(SCC(=O)N[C@H](C)c3ccccc3)n2CC(N)=O)c1.